The standard InChI is InChI=1S/C8H9NO/c1-2-8(10)7-3-5-9-6-4-7/h2-6,8,10H,1H2/t8-/m0/s1. The van der Waals surface area contributed by atoms with E-state index in [-0.39, 0.29) is 0 Å². The van der Waals surface area contributed by atoms with Gasteiger partial charge in [-0.25, -0.2) is 0 Å². The molecule has 1 heterocycles. The Labute approximate surface area is 59.9 Å². The van der Waals surface area contributed by atoms with E-state index in [1.807, 2.05) is 0 Å². The monoisotopic (exact) mass is 135 g/mol. The predicted octanol–water partition coefficient (Wildman–Crippen LogP) is 1.30. The second kappa shape index (κ2) is 3.13. The zero-order valence-corrected chi connectivity index (χ0v) is 5.57. The summed E-state index contributed by atoms with van der Waals surface area (Å²) in [5.74, 6) is 0. The van der Waals surface area contributed by atoms with Crippen LogP contribution in [0.1, 0.15) is 11.7 Å². The molecule has 1 rings (SSSR count). The molecule has 1 atom stereocenters. The molecule has 2 heteroatoms. The minimum atomic E-state index is -0.567. The molecule has 1 aromatic heterocycles. The second-order valence-electron chi connectivity index (χ2n) is 1.96. The van der Waals surface area contributed by atoms with Crippen LogP contribution in [0.3, 0.4) is 0 Å². The first-order chi connectivity index (χ1) is 4.84. The molecule has 52 valence electrons. The van der Waals surface area contributed by atoms with Gasteiger partial charge >= 0.3 is 0 Å². The quantitative estimate of drug-likeness (QED) is 0.620. The zero-order valence-electron chi connectivity index (χ0n) is 5.57. The van der Waals surface area contributed by atoms with Gasteiger partial charge in [-0.1, -0.05) is 6.08 Å². The summed E-state index contributed by atoms with van der Waals surface area (Å²) in [7, 11) is 0. The van der Waals surface area contributed by atoms with Crippen molar-refractivity contribution in [2.75, 3.05) is 0 Å². The maximum Gasteiger partial charge on any atom is 0.0970 e. The van der Waals surface area contributed by atoms with Crippen LogP contribution in [0.25, 0.3) is 0 Å². The van der Waals surface area contributed by atoms with Gasteiger partial charge in [0.15, 0.2) is 0 Å². The van der Waals surface area contributed by atoms with Crippen LogP contribution in [-0.2, 0) is 0 Å². The smallest absolute Gasteiger partial charge is 0.0970 e. The third-order valence-electron chi connectivity index (χ3n) is 1.27. The maximum absolute atomic E-state index is 9.18. The average molecular weight is 135 g/mol. The van der Waals surface area contributed by atoms with Crippen LogP contribution >= 0.6 is 0 Å². The highest BCUT2D eigenvalue weighted by atomic mass is 16.3. The van der Waals surface area contributed by atoms with Crippen LogP contribution in [-0.4, -0.2) is 10.1 Å². The van der Waals surface area contributed by atoms with Crippen LogP contribution in [0.15, 0.2) is 37.2 Å². The molecule has 0 aliphatic rings. The van der Waals surface area contributed by atoms with Crippen molar-refractivity contribution in [2.24, 2.45) is 0 Å². The van der Waals surface area contributed by atoms with E-state index in [1.54, 1.807) is 24.5 Å². The van der Waals surface area contributed by atoms with Crippen molar-refractivity contribution in [3.63, 3.8) is 0 Å². The number of nitrogens with zero attached hydrogens (tertiary/aromatic N) is 1. The van der Waals surface area contributed by atoms with Crippen molar-refractivity contribution < 1.29 is 5.11 Å². The number of pyridine rings is 1. The summed E-state index contributed by atoms with van der Waals surface area (Å²) < 4.78 is 0. The molecule has 0 aliphatic carbocycles. The summed E-state index contributed by atoms with van der Waals surface area (Å²) >= 11 is 0. The van der Waals surface area contributed by atoms with E-state index in [4.69, 9.17) is 0 Å². The SMILES string of the molecule is C=C[C@H](O)c1ccncc1. The molecule has 0 aromatic carbocycles. The molecule has 0 bridgehead atoms. The highest BCUT2D eigenvalue weighted by Crippen LogP contribution is 2.10. The molecular weight excluding hydrogens is 126 g/mol. The first kappa shape index (κ1) is 6.96. The lowest BCUT2D eigenvalue weighted by Crippen LogP contribution is -1.91. The Morgan fingerprint density at radius 1 is 1.50 bits per heavy atom. The zero-order chi connectivity index (χ0) is 7.40. The lowest BCUT2D eigenvalue weighted by atomic mass is 10.1. The largest absolute Gasteiger partial charge is 0.384 e. The van der Waals surface area contributed by atoms with Crippen molar-refractivity contribution in [1.82, 2.24) is 4.98 Å². The van der Waals surface area contributed by atoms with Crippen LogP contribution in [0.4, 0.5) is 0 Å². The molecule has 2 nitrogen and oxygen atoms in total. The lowest BCUT2D eigenvalue weighted by molar-refractivity contribution is 0.229. The van der Waals surface area contributed by atoms with E-state index in [0.29, 0.717) is 0 Å². The fourth-order valence-electron chi connectivity index (χ4n) is 0.697. The van der Waals surface area contributed by atoms with Gasteiger partial charge in [-0.3, -0.25) is 4.98 Å². The van der Waals surface area contributed by atoms with Crippen molar-refractivity contribution in [2.45, 2.75) is 6.10 Å². The van der Waals surface area contributed by atoms with Gasteiger partial charge in [0, 0.05) is 12.4 Å². The average Bonchev–Trinajstić information content (AvgIpc) is 2.05. The summed E-state index contributed by atoms with van der Waals surface area (Å²) in [4.78, 5) is 3.82. The van der Waals surface area contributed by atoms with E-state index in [0.717, 1.165) is 5.56 Å². The first-order valence-corrected chi connectivity index (χ1v) is 3.05. The summed E-state index contributed by atoms with van der Waals surface area (Å²) in [6.45, 7) is 3.47. The van der Waals surface area contributed by atoms with Crippen LogP contribution in [0.2, 0.25) is 0 Å². The summed E-state index contributed by atoms with van der Waals surface area (Å²) in [6, 6.07) is 3.51. The van der Waals surface area contributed by atoms with Gasteiger partial charge in [0.1, 0.15) is 0 Å². The molecule has 10 heavy (non-hydrogen) atoms. The Kier molecular flexibility index (Phi) is 2.18. The van der Waals surface area contributed by atoms with E-state index in [9.17, 15) is 5.11 Å². The second-order valence-corrected chi connectivity index (χ2v) is 1.96. The molecule has 1 aromatic rings. The van der Waals surface area contributed by atoms with Gasteiger partial charge in [-0.15, -0.1) is 6.58 Å². The normalized spacial score (nSPS) is 12.5. The van der Waals surface area contributed by atoms with Gasteiger partial charge in [0.05, 0.1) is 6.10 Å². The Morgan fingerprint density at radius 3 is 2.60 bits per heavy atom. The Balaban J connectivity index is 2.84. The van der Waals surface area contributed by atoms with Crippen molar-refractivity contribution >= 4 is 0 Å². The summed E-state index contributed by atoms with van der Waals surface area (Å²) in [5, 5.41) is 9.18. The van der Waals surface area contributed by atoms with E-state index < -0.39 is 6.10 Å². The number of aromatic nitrogens is 1. The summed E-state index contributed by atoms with van der Waals surface area (Å²) in [6.07, 6.45) is 4.20. The van der Waals surface area contributed by atoms with Gasteiger partial charge in [-0.05, 0) is 17.7 Å². The Morgan fingerprint density at radius 2 is 2.10 bits per heavy atom. The van der Waals surface area contributed by atoms with Crippen LogP contribution in [0, 0.1) is 0 Å². The molecule has 0 saturated heterocycles. The van der Waals surface area contributed by atoms with Crippen molar-refractivity contribution in [1.29, 1.82) is 0 Å². The molecule has 1 N–H and O–H groups in total. The van der Waals surface area contributed by atoms with Crippen LogP contribution in [0.5, 0.6) is 0 Å². The van der Waals surface area contributed by atoms with E-state index >= 15 is 0 Å². The fraction of sp³-hybridized carbons (Fsp3) is 0.125. The molecule has 0 spiro atoms. The van der Waals surface area contributed by atoms with E-state index in [1.165, 1.54) is 6.08 Å². The van der Waals surface area contributed by atoms with Gasteiger partial charge in [-0.2, -0.15) is 0 Å². The molecule has 0 unspecified atom stereocenters. The highest BCUT2D eigenvalue weighted by molar-refractivity contribution is 5.16. The fourth-order valence-corrected chi connectivity index (χ4v) is 0.697. The topological polar surface area (TPSA) is 33.1 Å². The van der Waals surface area contributed by atoms with Gasteiger partial charge < -0.3 is 5.11 Å². The van der Waals surface area contributed by atoms with Gasteiger partial charge in [0.25, 0.3) is 0 Å². The lowest BCUT2D eigenvalue weighted by Gasteiger charge is -2.02. The first-order valence-electron chi connectivity index (χ1n) is 3.05. The van der Waals surface area contributed by atoms with Gasteiger partial charge in [0.2, 0.25) is 0 Å². The minimum Gasteiger partial charge on any atom is -0.384 e. The minimum absolute atomic E-state index is 0.567. The van der Waals surface area contributed by atoms with Crippen LogP contribution < -0.4 is 0 Å². The predicted molar refractivity (Wildman–Crippen MR) is 39.4 cm³/mol. The third kappa shape index (κ3) is 1.42. The molecule has 0 amide bonds. The molecule has 0 aliphatic heterocycles. The molecule has 0 radical (unpaired) electrons. The molecule has 0 saturated carbocycles. The maximum atomic E-state index is 9.18. The molecule has 0 fully saturated rings. The Hall–Kier alpha value is -1.15. The number of hydrogen-bond donors (Lipinski definition) is 1. The molecular formula is C8H9NO. The number of aliphatic hydroxyl groups excluding tert-OH is 1. The number of aliphatic hydroxyl groups is 1. The number of hydrogen-bond acceptors (Lipinski definition) is 2. The van der Waals surface area contributed by atoms with E-state index in [2.05, 4.69) is 11.6 Å². The number of rotatable bonds is 2. The third-order valence-corrected chi connectivity index (χ3v) is 1.27. The highest BCUT2D eigenvalue weighted by Gasteiger charge is 1.98. The summed E-state index contributed by atoms with van der Waals surface area (Å²) in [5.41, 5.74) is 0.824. The van der Waals surface area contributed by atoms with Crippen molar-refractivity contribution in [3.8, 4) is 0 Å². The Bertz CT molecular complexity index is 208. The van der Waals surface area contributed by atoms with Crippen molar-refractivity contribution in [3.05, 3.63) is 42.7 Å².